The highest BCUT2D eigenvalue weighted by Gasteiger charge is 2.19. The smallest absolute Gasteiger partial charge is 0.196 e. The molecule has 0 aliphatic heterocycles. The van der Waals surface area contributed by atoms with E-state index in [4.69, 9.17) is 0 Å². The minimum Gasteiger partial charge on any atom is -0.288 e. The number of hydrogen-bond donors (Lipinski definition) is 0. The highest BCUT2D eigenvalue weighted by Crippen LogP contribution is 2.18. The first-order valence-electron chi connectivity index (χ1n) is 5.25. The minimum absolute atomic E-state index is 0.227. The van der Waals surface area contributed by atoms with Crippen LogP contribution in [0.5, 0.6) is 0 Å². The number of halogens is 3. The zero-order chi connectivity index (χ0) is 13.3. The molecule has 18 heavy (non-hydrogen) atoms. The summed E-state index contributed by atoms with van der Waals surface area (Å²) in [5.74, 6) is -5.08. The fraction of sp³-hybridized carbons (Fsp3) is 0.0714. The first kappa shape index (κ1) is 12.4. The predicted molar refractivity (Wildman–Crippen MR) is 60.9 cm³/mol. The number of aryl methyl sites for hydroxylation is 1. The number of carbonyl (C=O) groups excluding carboxylic acids is 1. The molecule has 0 bridgehead atoms. The van der Waals surface area contributed by atoms with E-state index < -0.39 is 28.8 Å². The summed E-state index contributed by atoms with van der Waals surface area (Å²) in [5, 5.41) is 0. The number of benzene rings is 2. The monoisotopic (exact) mass is 250 g/mol. The quantitative estimate of drug-likeness (QED) is 0.587. The molecule has 2 aromatic rings. The standard InChI is InChI=1S/C14H9F3O/c1-8-2-4-9(5-3-8)14(18)10-6-7-11(15)13(17)12(10)16/h2-7H,1H3. The molecule has 0 aliphatic rings. The van der Waals surface area contributed by atoms with E-state index in [0.717, 1.165) is 17.7 Å². The maximum Gasteiger partial charge on any atom is 0.196 e. The van der Waals surface area contributed by atoms with Gasteiger partial charge < -0.3 is 0 Å². The number of hydrogen-bond acceptors (Lipinski definition) is 1. The summed E-state index contributed by atoms with van der Waals surface area (Å²) < 4.78 is 39.2. The summed E-state index contributed by atoms with van der Waals surface area (Å²) in [6.07, 6.45) is 0. The highest BCUT2D eigenvalue weighted by molar-refractivity contribution is 6.09. The van der Waals surface area contributed by atoms with Crippen molar-refractivity contribution in [3.05, 3.63) is 70.5 Å². The summed E-state index contributed by atoms with van der Waals surface area (Å²) in [5.41, 5.74) is 0.695. The van der Waals surface area contributed by atoms with Gasteiger partial charge in [-0.15, -0.1) is 0 Å². The molecule has 0 aromatic heterocycles. The highest BCUT2D eigenvalue weighted by atomic mass is 19.2. The molecular formula is C14H9F3O. The van der Waals surface area contributed by atoms with Crippen LogP contribution in [-0.4, -0.2) is 5.78 Å². The molecule has 2 rings (SSSR count). The Hall–Kier alpha value is -2.10. The molecule has 0 amide bonds. The summed E-state index contributed by atoms with van der Waals surface area (Å²) in [4.78, 5) is 11.9. The van der Waals surface area contributed by atoms with Crippen molar-refractivity contribution in [2.45, 2.75) is 6.92 Å². The first-order valence-corrected chi connectivity index (χ1v) is 5.25. The van der Waals surface area contributed by atoms with Gasteiger partial charge >= 0.3 is 0 Å². The van der Waals surface area contributed by atoms with Gasteiger partial charge in [-0.3, -0.25) is 4.79 Å². The third-order valence-corrected chi connectivity index (χ3v) is 2.59. The number of rotatable bonds is 2. The summed E-state index contributed by atoms with van der Waals surface area (Å²) in [7, 11) is 0. The van der Waals surface area contributed by atoms with Crippen LogP contribution >= 0.6 is 0 Å². The number of carbonyl (C=O) groups is 1. The molecule has 0 saturated carbocycles. The van der Waals surface area contributed by atoms with Crippen molar-refractivity contribution in [1.82, 2.24) is 0 Å². The van der Waals surface area contributed by atoms with Crippen molar-refractivity contribution in [2.24, 2.45) is 0 Å². The fourth-order valence-electron chi connectivity index (χ4n) is 1.56. The summed E-state index contributed by atoms with van der Waals surface area (Å²) >= 11 is 0. The Morgan fingerprint density at radius 3 is 2.11 bits per heavy atom. The van der Waals surface area contributed by atoms with Gasteiger partial charge in [-0.1, -0.05) is 29.8 Å². The Morgan fingerprint density at radius 2 is 1.50 bits per heavy atom. The van der Waals surface area contributed by atoms with Crippen LogP contribution in [0.2, 0.25) is 0 Å². The van der Waals surface area contributed by atoms with Crippen LogP contribution in [0, 0.1) is 24.4 Å². The lowest BCUT2D eigenvalue weighted by molar-refractivity contribution is 0.103. The Bertz CT molecular complexity index is 603. The van der Waals surface area contributed by atoms with E-state index in [1.165, 1.54) is 12.1 Å². The average molecular weight is 250 g/mol. The van der Waals surface area contributed by atoms with E-state index >= 15 is 0 Å². The zero-order valence-corrected chi connectivity index (χ0v) is 9.51. The predicted octanol–water partition coefficient (Wildman–Crippen LogP) is 3.64. The Balaban J connectivity index is 2.46. The summed E-state index contributed by atoms with van der Waals surface area (Å²) in [6, 6.07) is 8.07. The second kappa shape index (κ2) is 4.64. The van der Waals surface area contributed by atoms with E-state index in [1.807, 2.05) is 6.92 Å². The topological polar surface area (TPSA) is 17.1 Å². The molecule has 0 fully saturated rings. The van der Waals surface area contributed by atoms with Crippen molar-refractivity contribution in [1.29, 1.82) is 0 Å². The molecular weight excluding hydrogens is 241 g/mol. The molecule has 0 radical (unpaired) electrons. The van der Waals surface area contributed by atoms with Gasteiger partial charge in [-0.05, 0) is 19.1 Å². The van der Waals surface area contributed by atoms with Crippen molar-refractivity contribution in [3.63, 3.8) is 0 Å². The second-order valence-electron chi connectivity index (χ2n) is 3.92. The Morgan fingerprint density at radius 1 is 0.889 bits per heavy atom. The number of ketones is 1. The lowest BCUT2D eigenvalue weighted by Crippen LogP contribution is -2.07. The maximum absolute atomic E-state index is 13.4. The maximum atomic E-state index is 13.4. The van der Waals surface area contributed by atoms with E-state index in [0.29, 0.717) is 0 Å². The van der Waals surface area contributed by atoms with E-state index in [-0.39, 0.29) is 5.56 Å². The SMILES string of the molecule is Cc1ccc(C(=O)c2ccc(F)c(F)c2F)cc1. The van der Waals surface area contributed by atoms with Gasteiger partial charge in [-0.2, -0.15) is 0 Å². The molecule has 92 valence electrons. The van der Waals surface area contributed by atoms with E-state index in [2.05, 4.69) is 0 Å². The molecule has 0 saturated heterocycles. The van der Waals surface area contributed by atoms with Crippen LogP contribution in [0.25, 0.3) is 0 Å². The molecule has 2 aromatic carbocycles. The average Bonchev–Trinajstić information content (AvgIpc) is 2.36. The van der Waals surface area contributed by atoms with Gasteiger partial charge in [0.15, 0.2) is 23.2 Å². The van der Waals surface area contributed by atoms with Gasteiger partial charge in [0.25, 0.3) is 0 Å². The molecule has 1 nitrogen and oxygen atoms in total. The molecule has 0 aliphatic carbocycles. The van der Waals surface area contributed by atoms with Crippen molar-refractivity contribution >= 4 is 5.78 Å². The first-order chi connectivity index (χ1) is 8.50. The molecule has 0 N–H and O–H groups in total. The Kier molecular flexibility index (Phi) is 3.19. The third-order valence-electron chi connectivity index (χ3n) is 2.59. The molecule has 0 atom stereocenters. The molecule has 0 spiro atoms. The van der Waals surface area contributed by atoms with Crippen molar-refractivity contribution in [3.8, 4) is 0 Å². The molecule has 0 unspecified atom stereocenters. The van der Waals surface area contributed by atoms with Crippen molar-refractivity contribution in [2.75, 3.05) is 0 Å². The van der Waals surface area contributed by atoms with Crippen molar-refractivity contribution < 1.29 is 18.0 Å². The lowest BCUT2D eigenvalue weighted by atomic mass is 10.0. The van der Waals surface area contributed by atoms with Gasteiger partial charge in [0.1, 0.15) is 0 Å². The van der Waals surface area contributed by atoms with Crippen LogP contribution < -0.4 is 0 Å². The second-order valence-corrected chi connectivity index (χ2v) is 3.92. The lowest BCUT2D eigenvalue weighted by Gasteiger charge is -2.04. The zero-order valence-electron chi connectivity index (χ0n) is 9.51. The minimum atomic E-state index is -1.63. The van der Waals surface area contributed by atoms with Gasteiger partial charge in [0.2, 0.25) is 0 Å². The van der Waals surface area contributed by atoms with E-state index in [9.17, 15) is 18.0 Å². The molecule has 0 heterocycles. The fourth-order valence-corrected chi connectivity index (χ4v) is 1.56. The molecule has 4 heteroatoms. The van der Waals surface area contributed by atoms with Gasteiger partial charge in [-0.25, -0.2) is 13.2 Å². The van der Waals surface area contributed by atoms with Crippen LogP contribution in [0.3, 0.4) is 0 Å². The van der Waals surface area contributed by atoms with Gasteiger partial charge in [0, 0.05) is 5.56 Å². The largest absolute Gasteiger partial charge is 0.288 e. The van der Waals surface area contributed by atoms with Crippen LogP contribution in [0.1, 0.15) is 21.5 Å². The normalized spacial score (nSPS) is 10.4. The van der Waals surface area contributed by atoms with Crippen LogP contribution in [0.4, 0.5) is 13.2 Å². The summed E-state index contributed by atoms with van der Waals surface area (Å²) in [6.45, 7) is 1.84. The van der Waals surface area contributed by atoms with Crippen LogP contribution in [0.15, 0.2) is 36.4 Å². The van der Waals surface area contributed by atoms with Gasteiger partial charge in [0.05, 0.1) is 5.56 Å². The Labute approximate surface area is 102 Å². The third kappa shape index (κ3) is 2.14. The van der Waals surface area contributed by atoms with E-state index in [1.54, 1.807) is 12.1 Å². The van der Waals surface area contributed by atoms with Crippen LogP contribution in [-0.2, 0) is 0 Å².